The molecule has 5 heteroatoms. The maximum atomic E-state index is 6.05. The highest BCUT2D eigenvalue weighted by molar-refractivity contribution is 5.39. The van der Waals surface area contributed by atoms with Crippen LogP contribution in [0.15, 0.2) is 18.2 Å². The van der Waals surface area contributed by atoms with E-state index >= 15 is 0 Å². The van der Waals surface area contributed by atoms with Gasteiger partial charge in [0.2, 0.25) is 0 Å². The molecule has 0 bridgehead atoms. The molecule has 0 aliphatic carbocycles. The molecule has 0 aliphatic heterocycles. The Morgan fingerprint density at radius 1 is 1.00 bits per heavy atom. The molecule has 2 N–H and O–H groups in total. The largest absolute Gasteiger partial charge is 0.497 e. The summed E-state index contributed by atoms with van der Waals surface area (Å²) in [6, 6.07) is 5.35. The predicted octanol–water partition coefficient (Wildman–Crippen LogP) is 1.37. The number of hydrogen-bond donors (Lipinski definition) is 1. The normalized spacial score (nSPS) is 12.2. The predicted molar refractivity (Wildman–Crippen MR) is 69.2 cm³/mol. The van der Waals surface area contributed by atoms with Crippen molar-refractivity contribution in [2.24, 2.45) is 5.73 Å². The first-order valence-corrected chi connectivity index (χ1v) is 5.76. The zero-order valence-electron chi connectivity index (χ0n) is 11.1. The van der Waals surface area contributed by atoms with Gasteiger partial charge in [0.1, 0.15) is 11.5 Å². The number of ether oxygens (including phenoxy) is 4. The van der Waals surface area contributed by atoms with E-state index in [1.54, 1.807) is 21.3 Å². The van der Waals surface area contributed by atoms with Gasteiger partial charge in [0.15, 0.2) is 0 Å². The van der Waals surface area contributed by atoms with Crippen molar-refractivity contribution >= 4 is 0 Å². The van der Waals surface area contributed by atoms with Crippen molar-refractivity contribution in [3.63, 3.8) is 0 Å². The molecule has 0 heterocycles. The lowest BCUT2D eigenvalue weighted by Gasteiger charge is -2.15. The summed E-state index contributed by atoms with van der Waals surface area (Å²) in [4.78, 5) is 0. The van der Waals surface area contributed by atoms with E-state index in [4.69, 9.17) is 24.7 Å². The van der Waals surface area contributed by atoms with E-state index in [2.05, 4.69) is 0 Å². The third-order valence-electron chi connectivity index (χ3n) is 2.53. The van der Waals surface area contributed by atoms with Crippen molar-refractivity contribution in [2.75, 3.05) is 41.2 Å². The third kappa shape index (κ3) is 4.52. The summed E-state index contributed by atoms with van der Waals surface area (Å²) >= 11 is 0. The van der Waals surface area contributed by atoms with Crippen LogP contribution in [0.25, 0.3) is 0 Å². The van der Waals surface area contributed by atoms with E-state index in [0.717, 1.165) is 17.1 Å². The summed E-state index contributed by atoms with van der Waals surface area (Å²) in [6.07, 6.45) is 0. The number of benzene rings is 1. The van der Waals surface area contributed by atoms with Crippen LogP contribution in [0.3, 0.4) is 0 Å². The summed E-state index contributed by atoms with van der Waals surface area (Å²) in [5.41, 5.74) is 6.97. The molecule has 1 aromatic rings. The standard InChI is InChI=1S/C13H21NO4/c1-15-4-5-18-9-13(14)10-6-11(16-2)8-12(7-10)17-3/h6-8,13H,4-5,9,14H2,1-3H3. The van der Waals surface area contributed by atoms with E-state index in [1.165, 1.54) is 0 Å². The van der Waals surface area contributed by atoms with E-state index < -0.39 is 0 Å². The molecular weight excluding hydrogens is 234 g/mol. The maximum Gasteiger partial charge on any atom is 0.122 e. The van der Waals surface area contributed by atoms with Gasteiger partial charge < -0.3 is 24.7 Å². The monoisotopic (exact) mass is 255 g/mol. The SMILES string of the molecule is COCCOCC(N)c1cc(OC)cc(OC)c1. The van der Waals surface area contributed by atoms with Gasteiger partial charge in [0.05, 0.1) is 40.1 Å². The van der Waals surface area contributed by atoms with Crippen molar-refractivity contribution in [1.29, 1.82) is 0 Å². The van der Waals surface area contributed by atoms with Crippen LogP contribution in [0.5, 0.6) is 11.5 Å². The smallest absolute Gasteiger partial charge is 0.122 e. The zero-order chi connectivity index (χ0) is 13.4. The first kappa shape index (κ1) is 14.8. The molecule has 5 nitrogen and oxygen atoms in total. The van der Waals surface area contributed by atoms with Crippen LogP contribution in [0.2, 0.25) is 0 Å². The van der Waals surface area contributed by atoms with E-state index in [9.17, 15) is 0 Å². The minimum atomic E-state index is -0.217. The lowest BCUT2D eigenvalue weighted by molar-refractivity contribution is 0.0635. The zero-order valence-corrected chi connectivity index (χ0v) is 11.1. The van der Waals surface area contributed by atoms with Gasteiger partial charge >= 0.3 is 0 Å². The second kappa shape index (κ2) is 7.92. The van der Waals surface area contributed by atoms with Crippen LogP contribution >= 0.6 is 0 Å². The van der Waals surface area contributed by atoms with Crippen LogP contribution in [0.4, 0.5) is 0 Å². The van der Waals surface area contributed by atoms with Gasteiger partial charge in [-0.1, -0.05) is 0 Å². The molecular formula is C13H21NO4. The number of nitrogens with two attached hydrogens (primary N) is 1. The lowest BCUT2D eigenvalue weighted by Crippen LogP contribution is -2.18. The molecule has 0 aliphatic rings. The van der Waals surface area contributed by atoms with E-state index in [0.29, 0.717) is 19.8 Å². The molecule has 0 aromatic heterocycles. The second-order valence-corrected chi connectivity index (χ2v) is 3.82. The van der Waals surface area contributed by atoms with E-state index in [1.807, 2.05) is 18.2 Å². The molecule has 1 aromatic carbocycles. The van der Waals surface area contributed by atoms with Crippen LogP contribution in [-0.4, -0.2) is 41.2 Å². The van der Waals surface area contributed by atoms with Gasteiger partial charge in [-0.15, -0.1) is 0 Å². The maximum absolute atomic E-state index is 6.05. The molecule has 0 fully saturated rings. The Balaban J connectivity index is 2.63. The minimum Gasteiger partial charge on any atom is -0.497 e. The fourth-order valence-electron chi connectivity index (χ4n) is 1.49. The van der Waals surface area contributed by atoms with Crippen molar-refractivity contribution in [2.45, 2.75) is 6.04 Å². The van der Waals surface area contributed by atoms with Gasteiger partial charge in [0.25, 0.3) is 0 Å². The Bertz CT molecular complexity index is 335. The summed E-state index contributed by atoms with van der Waals surface area (Å²) in [5.74, 6) is 1.44. The van der Waals surface area contributed by atoms with Crippen molar-refractivity contribution in [1.82, 2.24) is 0 Å². The number of hydrogen-bond acceptors (Lipinski definition) is 5. The molecule has 102 valence electrons. The molecule has 1 unspecified atom stereocenters. The number of methoxy groups -OCH3 is 3. The van der Waals surface area contributed by atoms with Crippen molar-refractivity contribution in [3.05, 3.63) is 23.8 Å². The van der Waals surface area contributed by atoms with Gasteiger partial charge in [-0.3, -0.25) is 0 Å². The fourth-order valence-corrected chi connectivity index (χ4v) is 1.49. The summed E-state index contributed by atoms with van der Waals surface area (Å²) < 4.78 is 20.7. The molecule has 0 spiro atoms. The van der Waals surface area contributed by atoms with Crippen LogP contribution in [0.1, 0.15) is 11.6 Å². The molecule has 0 radical (unpaired) electrons. The highest BCUT2D eigenvalue weighted by Gasteiger charge is 2.10. The number of rotatable bonds is 8. The first-order valence-electron chi connectivity index (χ1n) is 5.76. The lowest BCUT2D eigenvalue weighted by atomic mass is 10.1. The third-order valence-corrected chi connectivity index (χ3v) is 2.53. The highest BCUT2D eigenvalue weighted by atomic mass is 16.5. The van der Waals surface area contributed by atoms with Crippen LogP contribution < -0.4 is 15.2 Å². The molecule has 0 saturated carbocycles. The van der Waals surface area contributed by atoms with Crippen LogP contribution in [0, 0.1) is 0 Å². The summed E-state index contributed by atoms with van der Waals surface area (Å²) in [6.45, 7) is 1.53. The van der Waals surface area contributed by atoms with Crippen LogP contribution in [-0.2, 0) is 9.47 Å². The molecule has 1 rings (SSSR count). The molecule has 0 saturated heterocycles. The minimum absolute atomic E-state index is 0.217. The quantitative estimate of drug-likeness (QED) is 0.711. The van der Waals surface area contributed by atoms with Gasteiger partial charge in [-0.25, -0.2) is 0 Å². The van der Waals surface area contributed by atoms with E-state index in [-0.39, 0.29) is 6.04 Å². The molecule has 0 amide bonds. The Hall–Kier alpha value is -1.30. The van der Waals surface area contributed by atoms with Gasteiger partial charge in [-0.05, 0) is 17.7 Å². The average molecular weight is 255 g/mol. The Kier molecular flexibility index (Phi) is 6.49. The summed E-state index contributed by atoms with van der Waals surface area (Å²) in [7, 11) is 4.86. The van der Waals surface area contributed by atoms with Gasteiger partial charge in [0, 0.05) is 13.2 Å². The van der Waals surface area contributed by atoms with Crippen molar-refractivity contribution in [3.8, 4) is 11.5 Å². The van der Waals surface area contributed by atoms with Gasteiger partial charge in [-0.2, -0.15) is 0 Å². The Morgan fingerprint density at radius 3 is 2.11 bits per heavy atom. The summed E-state index contributed by atoms with van der Waals surface area (Å²) in [5, 5.41) is 0. The Morgan fingerprint density at radius 2 is 1.61 bits per heavy atom. The van der Waals surface area contributed by atoms with Crippen molar-refractivity contribution < 1.29 is 18.9 Å². The second-order valence-electron chi connectivity index (χ2n) is 3.82. The average Bonchev–Trinajstić information content (AvgIpc) is 2.42. The Labute approximate surface area is 108 Å². The highest BCUT2D eigenvalue weighted by Crippen LogP contribution is 2.25. The fraction of sp³-hybridized carbons (Fsp3) is 0.538. The first-order chi connectivity index (χ1) is 8.71. The topological polar surface area (TPSA) is 62.9 Å². The molecule has 18 heavy (non-hydrogen) atoms. The molecule has 1 atom stereocenters.